The summed E-state index contributed by atoms with van der Waals surface area (Å²) in [6.45, 7) is 3.46. The fourth-order valence-corrected chi connectivity index (χ4v) is 3.83. The number of thioether (sulfide) groups is 1. The molecular formula is C16H18FN5S. The molecule has 1 aliphatic heterocycles. The van der Waals surface area contributed by atoms with Gasteiger partial charge in [-0.25, -0.2) is 9.37 Å². The number of hydrogen-bond acceptors (Lipinski definition) is 5. The molecular weight excluding hydrogens is 313 g/mol. The summed E-state index contributed by atoms with van der Waals surface area (Å²) in [7, 11) is 0. The highest BCUT2D eigenvalue weighted by molar-refractivity contribution is 7.99. The number of likely N-dealkylation sites (tertiary alicyclic amines) is 1. The van der Waals surface area contributed by atoms with Crippen LogP contribution in [0.2, 0.25) is 0 Å². The Morgan fingerprint density at radius 3 is 2.91 bits per heavy atom. The van der Waals surface area contributed by atoms with Crippen LogP contribution in [0.5, 0.6) is 0 Å². The molecule has 0 unspecified atom stereocenters. The first-order chi connectivity index (χ1) is 11.3. The van der Waals surface area contributed by atoms with E-state index in [0.29, 0.717) is 16.3 Å². The Bertz CT molecular complexity index is 828. The van der Waals surface area contributed by atoms with E-state index in [9.17, 15) is 4.39 Å². The molecule has 1 aliphatic rings. The van der Waals surface area contributed by atoms with Gasteiger partial charge in [-0.05, 0) is 44.1 Å². The molecule has 0 aliphatic carbocycles. The molecule has 0 saturated carbocycles. The van der Waals surface area contributed by atoms with Crippen LogP contribution in [0.15, 0.2) is 23.4 Å². The van der Waals surface area contributed by atoms with Crippen LogP contribution >= 0.6 is 11.8 Å². The van der Waals surface area contributed by atoms with Crippen molar-refractivity contribution in [2.75, 3.05) is 25.4 Å². The van der Waals surface area contributed by atoms with Crippen LogP contribution in [0, 0.1) is 5.82 Å². The third-order valence-electron chi connectivity index (χ3n) is 4.24. The van der Waals surface area contributed by atoms with Crippen molar-refractivity contribution in [3.05, 3.63) is 24.0 Å². The van der Waals surface area contributed by atoms with E-state index in [-0.39, 0.29) is 5.82 Å². The topological polar surface area (TPSA) is 57.7 Å². The van der Waals surface area contributed by atoms with E-state index in [1.807, 2.05) is 0 Å². The maximum atomic E-state index is 13.4. The zero-order chi connectivity index (χ0) is 15.6. The summed E-state index contributed by atoms with van der Waals surface area (Å²) in [5, 5.41) is 9.81. The van der Waals surface area contributed by atoms with Crippen molar-refractivity contribution in [2.45, 2.75) is 24.4 Å². The summed E-state index contributed by atoms with van der Waals surface area (Å²) >= 11 is 1.62. The van der Waals surface area contributed by atoms with Crippen LogP contribution in [-0.4, -0.2) is 50.5 Å². The van der Waals surface area contributed by atoms with Gasteiger partial charge in [0, 0.05) is 23.2 Å². The summed E-state index contributed by atoms with van der Waals surface area (Å²) in [5.41, 5.74) is 2.12. The number of rotatable bonds is 4. The van der Waals surface area contributed by atoms with Gasteiger partial charge in [0.25, 0.3) is 0 Å². The van der Waals surface area contributed by atoms with Crippen molar-refractivity contribution >= 4 is 33.8 Å². The Morgan fingerprint density at radius 2 is 2.04 bits per heavy atom. The number of piperidine rings is 1. The SMILES string of the molecule is Fc1ccc2[nH]c3nc(SCCN4CCCCC4)nnc3c2c1. The molecule has 5 nitrogen and oxygen atoms in total. The Labute approximate surface area is 137 Å². The second kappa shape index (κ2) is 6.41. The number of H-pyrrole nitrogens is 1. The largest absolute Gasteiger partial charge is 0.338 e. The van der Waals surface area contributed by atoms with Gasteiger partial charge < -0.3 is 9.88 Å². The Hall–Kier alpha value is -1.73. The first kappa shape index (κ1) is 14.8. The smallest absolute Gasteiger partial charge is 0.211 e. The highest BCUT2D eigenvalue weighted by atomic mass is 32.2. The Balaban J connectivity index is 1.49. The van der Waals surface area contributed by atoms with Crippen molar-refractivity contribution in [2.24, 2.45) is 0 Å². The predicted octanol–water partition coefficient (Wildman–Crippen LogP) is 3.22. The molecule has 7 heteroatoms. The van der Waals surface area contributed by atoms with Crippen LogP contribution in [0.25, 0.3) is 22.1 Å². The predicted molar refractivity (Wildman–Crippen MR) is 90.2 cm³/mol. The van der Waals surface area contributed by atoms with Gasteiger partial charge in [0.15, 0.2) is 5.65 Å². The summed E-state index contributed by atoms with van der Waals surface area (Å²) in [4.78, 5) is 10.2. The minimum Gasteiger partial charge on any atom is -0.338 e. The molecule has 0 radical (unpaired) electrons. The van der Waals surface area contributed by atoms with Gasteiger partial charge in [-0.15, -0.1) is 10.2 Å². The van der Waals surface area contributed by atoms with Crippen molar-refractivity contribution < 1.29 is 4.39 Å². The van der Waals surface area contributed by atoms with Crippen LogP contribution < -0.4 is 0 Å². The molecule has 1 aromatic carbocycles. The number of benzene rings is 1. The van der Waals surface area contributed by atoms with Crippen LogP contribution in [-0.2, 0) is 0 Å². The van der Waals surface area contributed by atoms with E-state index in [0.717, 1.165) is 23.2 Å². The van der Waals surface area contributed by atoms with Crippen LogP contribution in [0.3, 0.4) is 0 Å². The number of aromatic nitrogens is 4. The molecule has 23 heavy (non-hydrogen) atoms. The van der Waals surface area contributed by atoms with Crippen molar-refractivity contribution in [3.63, 3.8) is 0 Å². The molecule has 4 rings (SSSR count). The standard InChI is InChI=1S/C16H18FN5S/c17-11-4-5-13-12(10-11)14-15(18-13)19-16(21-20-14)23-9-8-22-6-2-1-3-7-22/h4-5,10H,1-3,6-9H2,(H,18,19,21). The second-order valence-corrected chi connectivity index (χ2v) is 6.92. The molecule has 1 N–H and O–H groups in total. The van der Waals surface area contributed by atoms with Crippen molar-refractivity contribution in [1.82, 2.24) is 25.1 Å². The highest BCUT2D eigenvalue weighted by Crippen LogP contribution is 2.24. The van der Waals surface area contributed by atoms with Crippen LogP contribution in [0.4, 0.5) is 4.39 Å². The van der Waals surface area contributed by atoms with Gasteiger partial charge in [0.2, 0.25) is 5.16 Å². The molecule has 3 aromatic rings. The first-order valence-corrected chi connectivity index (χ1v) is 8.95. The minimum atomic E-state index is -0.278. The average molecular weight is 331 g/mol. The fourth-order valence-electron chi connectivity index (χ4n) is 3.04. The lowest BCUT2D eigenvalue weighted by molar-refractivity contribution is 0.242. The number of nitrogens with one attached hydrogen (secondary N) is 1. The average Bonchev–Trinajstić information content (AvgIpc) is 2.93. The van der Waals surface area contributed by atoms with Gasteiger partial charge >= 0.3 is 0 Å². The zero-order valence-corrected chi connectivity index (χ0v) is 13.6. The highest BCUT2D eigenvalue weighted by Gasteiger charge is 2.12. The molecule has 2 aromatic heterocycles. The lowest BCUT2D eigenvalue weighted by Gasteiger charge is -2.25. The quantitative estimate of drug-likeness (QED) is 0.744. The molecule has 0 bridgehead atoms. The van der Waals surface area contributed by atoms with Gasteiger partial charge in [-0.1, -0.05) is 18.2 Å². The van der Waals surface area contributed by atoms with Gasteiger partial charge in [0.1, 0.15) is 11.3 Å². The Morgan fingerprint density at radius 1 is 1.17 bits per heavy atom. The van der Waals surface area contributed by atoms with E-state index in [4.69, 9.17) is 0 Å². The van der Waals surface area contributed by atoms with E-state index in [1.54, 1.807) is 17.8 Å². The third kappa shape index (κ3) is 3.16. The second-order valence-electron chi connectivity index (χ2n) is 5.86. The van der Waals surface area contributed by atoms with Crippen LogP contribution in [0.1, 0.15) is 19.3 Å². The van der Waals surface area contributed by atoms with E-state index < -0.39 is 0 Å². The summed E-state index contributed by atoms with van der Waals surface area (Å²) in [5.74, 6) is 0.683. The first-order valence-electron chi connectivity index (χ1n) is 7.96. The number of halogens is 1. The normalized spacial score (nSPS) is 16.4. The van der Waals surface area contributed by atoms with E-state index >= 15 is 0 Å². The fraction of sp³-hybridized carbons (Fsp3) is 0.438. The summed E-state index contributed by atoms with van der Waals surface area (Å²) in [6.07, 6.45) is 3.97. The number of aromatic amines is 1. The Kier molecular flexibility index (Phi) is 4.13. The molecule has 0 atom stereocenters. The molecule has 1 fully saturated rings. The third-order valence-corrected chi connectivity index (χ3v) is 5.06. The molecule has 0 amide bonds. The molecule has 3 heterocycles. The summed E-state index contributed by atoms with van der Waals surface area (Å²) < 4.78 is 13.4. The summed E-state index contributed by atoms with van der Waals surface area (Å²) in [6, 6.07) is 4.60. The maximum absolute atomic E-state index is 13.4. The van der Waals surface area contributed by atoms with Gasteiger partial charge in [-0.2, -0.15) is 0 Å². The lowest BCUT2D eigenvalue weighted by Crippen LogP contribution is -2.31. The lowest BCUT2D eigenvalue weighted by atomic mass is 10.1. The minimum absolute atomic E-state index is 0.278. The van der Waals surface area contributed by atoms with Gasteiger partial charge in [-0.3, -0.25) is 0 Å². The van der Waals surface area contributed by atoms with E-state index in [1.165, 1.54) is 44.5 Å². The monoisotopic (exact) mass is 331 g/mol. The molecule has 0 spiro atoms. The number of nitrogens with zero attached hydrogens (tertiary/aromatic N) is 4. The van der Waals surface area contributed by atoms with Crippen molar-refractivity contribution in [1.29, 1.82) is 0 Å². The van der Waals surface area contributed by atoms with E-state index in [2.05, 4.69) is 25.1 Å². The maximum Gasteiger partial charge on any atom is 0.211 e. The number of fused-ring (bicyclic) bond motifs is 3. The molecule has 120 valence electrons. The van der Waals surface area contributed by atoms with Gasteiger partial charge in [0.05, 0.1) is 0 Å². The van der Waals surface area contributed by atoms with Crippen molar-refractivity contribution in [3.8, 4) is 0 Å². The zero-order valence-electron chi connectivity index (χ0n) is 12.8. The number of hydrogen-bond donors (Lipinski definition) is 1. The molecule has 1 saturated heterocycles.